The number of rotatable bonds is 7. The van der Waals surface area contributed by atoms with E-state index in [1.807, 2.05) is 24.3 Å². The van der Waals surface area contributed by atoms with Crippen molar-refractivity contribution >= 4 is 17.7 Å². The van der Waals surface area contributed by atoms with Crippen molar-refractivity contribution in [1.29, 1.82) is 0 Å². The SMILES string of the molecule is COc1ccc(CNC(=O)CSCc2cccc(C)c2)cc1. The monoisotopic (exact) mass is 315 g/mol. The largest absolute Gasteiger partial charge is 0.497 e. The molecule has 1 amide bonds. The van der Waals surface area contributed by atoms with Gasteiger partial charge in [-0.1, -0.05) is 42.0 Å². The first-order valence-electron chi connectivity index (χ1n) is 7.20. The zero-order valence-electron chi connectivity index (χ0n) is 13.0. The van der Waals surface area contributed by atoms with Gasteiger partial charge in [-0.3, -0.25) is 4.79 Å². The normalized spacial score (nSPS) is 10.3. The maximum absolute atomic E-state index is 11.8. The zero-order chi connectivity index (χ0) is 15.8. The topological polar surface area (TPSA) is 38.3 Å². The van der Waals surface area contributed by atoms with Gasteiger partial charge in [-0.05, 0) is 30.2 Å². The van der Waals surface area contributed by atoms with Crippen LogP contribution < -0.4 is 10.1 Å². The van der Waals surface area contributed by atoms with E-state index >= 15 is 0 Å². The lowest BCUT2D eigenvalue weighted by atomic mass is 10.2. The summed E-state index contributed by atoms with van der Waals surface area (Å²) in [6, 6.07) is 16.1. The second kappa shape index (κ2) is 8.49. The Morgan fingerprint density at radius 3 is 2.59 bits per heavy atom. The second-order valence-corrected chi connectivity index (χ2v) is 6.09. The molecule has 0 aliphatic carbocycles. The highest BCUT2D eigenvalue weighted by molar-refractivity contribution is 7.99. The molecule has 116 valence electrons. The van der Waals surface area contributed by atoms with Crippen LogP contribution in [-0.4, -0.2) is 18.8 Å². The number of benzene rings is 2. The molecule has 2 aromatic carbocycles. The van der Waals surface area contributed by atoms with Gasteiger partial charge in [-0.15, -0.1) is 11.8 Å². The van der Waals surface area contributed by atoms with E-state index in [-0.39, 0.29) is 5.91 Å². The molecule has 2 rings (SSSR count). The Morgan fingerprint density at radius 2 is 1.91 bits per heavy atom. The summed E-state index contributed by atoms with van der Waals surface area (Å²) >= 11 is 1.63. The molecule has 0 bridgehead atoms. The number of nitrogens with one attached hydrogen (secondary N) is 1. The van der Waals surface area contributed by atoms with Crippen molar-refractivity contribution in [3.63, 3.8) is 0 Å². The summed E-state index contributed by atoms with van der Waals surface area (Å²) in [6.45, 7) is 2.63. The number of hydrogen-bond donors (Lipinski definition) is 1. The molecule has 0 aliphatic heterocycles. The molecule has 0 heterocycles. The molecule has 1 N–H and O–H groups in total. The van der Waals surface area contributed by atoms with E-state index in [1.165, 1.54) is 11.1 Å². The summed E-state index contributed by atoms with van der Waals surface area (Å²) in [6.07, 6.45) is 0. The Kier molecular flexibility index (Phi) is 6.34. The minimum atomic E-state index is 0.0634. The molecule has 0 spiro atoms. The molecule has 0 radical (unpaired) electrons. The second-order valence-electron chi connectivity index (χ2n) is 5.11. The number of carbonyl (C=O) groups is 1. The molecule has 0 fully saturated rings. The van der Waals surface area contributed by atoms with E-state index in [9.17, 15) is 4.79 Å². The number of aryl methyl sites for hydroxylation is 1. The van der Waals surface area contributed by atoms with Gasteiger partial charge in [-0.25, -0.2) is 0 Å². The standard InChI is InChI=1S/C18H21NO2S/c1-14-4-3-5-16(10-14)12-22-13-18(20)19-11-15-6-8-17(21-2)9-7-15/h3-10H,11-13H2,1-2H3,(H,19,20). The van der Waals surface area contributed by atoms with Crippen molar-refractivity contribution in [1.82, 2.24) is 5.32 Å². The van der Waals surface area contributed by atoms with Gasteiger partial charge in [-0.2, -0.15) is 0 Å². The third-order valence-electron chi connectivity index (χ3n) is 3.23. The average Bonchev–Trinajstić information content (AvgIpc) is 2.53. The maximum atomic E-state index is 11.8. The van der Waals surface area contributed by atoms with Crippen LogP contribution in [0.5, 0.6) is 5.75 Å². The molecule has 2 aromatic rings. The molecule has 22 heavy (non-hydrogen) atoms. The molecule has 4 heteroatoms. The predicted molar refractivity (Wildman–Crippen MR) is 92.2 cm³/mol. The predicted octanol–water partition coefficient (Wildman–Crippen LogP) is 3.55. The summed E-state index contributed by atoms with van der Waals surface area (Å²) in [5.41, 5.74) is 3.58. The fourth-order valence-corrected chi connectivity index (χ4v) is 2.86. The number of methoxy groups -OCH3 is 1. The first kappa shape index (κ1) is 16.4. The van der Waals surface area contributed by atoms with Crippen molar-refractivity contribution in [3.8, 4) is 5.75 Å². The fraction of sp³-hybridized carbons (Fsp3) is 0.278. The van der Waals surface area contributed by atoms with Gasteiger partial charge in [0, 0.05) is 12.3 Å². The van der Waals surface area contributed by atoms with Crippen molar-refractivity contribution < 1.29 is 9.53 Å². The minimum Gasteiger partial charge on any atom is -0.497 e. The molecular formula is C18H21NO2S. The van der Waals surface area contributed by atoms with Crippen molar-refractivity contribution in [2.24, 2.45) is 0 Å². The lowest BCUT2D eigenvalue weighted by Gasteiger charge is -2.07. The highest BCUT2D eigenvalue weighted by Crippen LogP contribution is 2.14. The number of amides is 1. The molecule has 0 aliphatic rings. The number of ether oxygens (including phenoxy) is 1. The summed E-state index contributed by atoms with van der Waals surface area (Å²) in [5, 5.41) is 2.93. The average molecular weight is 315 g/mol. The molecule has 0 saturated carbocycles. The molecule has 0 unspecified atom stereocenters. The molecular weight excluding hydrogens is 294 g/mol. The van der Waals surface area contributed by atoms with Gasteiger partial charge < -0.3 is 10.1 Å². The Hall–Kier alpha value is -1.94. The van der Waals surface area contributed by atoms with Crippen LogP contribution in [-0.2, 0) is 17.1 Å². The van der Waals surface area contributed by atoms with Crippen molar-refractivity contribution in [2.75, 3.05) is 12.9 Å². The first-order chi connectivity index (χ1) is 10.7. The van der Waals surface area contributed by atoms with Crippen LogP contribution >= 0.6 is 11.8 Å². The third-order valence-corrected chi connectivity index (χ3v) is 4.24. The highest BCUT2D eigenvalue weighted by Gasteiger charge is 2.03. The van der Waals surface area contributed by atoms with E-state index < -0.39 is 0 Å². The highest BCUT2D eigenvalue weighted by atomic mass is 32.2. The van der Waals surface area contributed by atoms with Crippen LogP contribution in [0.1, 0.15) is 16.7 Å². The van der Waals surface area contributed by atoms with Crippen molar-refractivity contribution in [2.45, 2.75) is 19.2 Å². The fourth-order valence-electron chi connectivity index (χ4n) is 2.06. The zero-order valence-corrected chi connectivity index (χ0v) is 13.8. The van der Waals surface area contributed by atoms with Gasteiger partial charge in [0.05, 0.1) is 12.9 Å². The molecule has 0 atom stereocenters. The molecule has 0 aromatic heterocycles. The van der Waals surface area contributed by atoms with Crippen LogP contribution in [0.3, 0.4) is 0 Å². The Morgan fingerprint density at radius 1 is 1.14 bits per heavy atom. The summed E-state index contributed by atoms with van der Waals surface area (Å²) in [5.74, 6) is 2.22. The van der Waals surface area contributed by atoms with E-state index in [1.54, 1.807) is 18.9 Å². The molecule has 0 saturated heterocycles. The Bertz CT molecular complexity index is 611. The Balaban J connectivity index is 1.69. The van der Waals surface area contributed by atoms with Crippen LogP contribution in [0.25, 0.3) is 0 Å². The number of carbonyl (C=O) groups excluding carboxylic acids is 1. The van der Waals surface area contributed by atoms with E-state index in [2.05, 4.69) is 36.5 Å². The molecule has 3 nitrogen and oxygen atoms in total. The van der Waals surface area contributed by atoms with Gasteiger partial charge in [0.2, 0.25) is 5.91 Å². The van der Waals surface area contributed by atoms with Gasteiger partial charge in [0.1, 0.15) is 5.75 Å². The lowest BCUT2D eigenvalue weighted by Crippen LogP contribution is -2.24. The van der Waals surface area contributed by atoms with E-state index in [0.29, 0.717) is 12.3 Å². The van der Waals surface area contributed by atoms with E-state index in [4.69, 9.17) is 4.74 Å². The van der Waals surface area contributed by atoms with Crippen LogP contribution in [0, 0.1) is 6.92 Å². The summed E-state index contributed by atoms with van der Waals surface area (Å²) in [4.78, 5) is 11.8. The van der Waals surface area contributed by atoms with Gasteiger partial charge in [0.15, 0.2) is 0 Å². The number of thioether (sulfide) groups is 1. The summed E-state index contributed by atoms with van der Waals surface area (Å²) < 4.78 is 5.11. The smallest absolute Gasteiger partial charge is 0.230 e. The minimum absolute atomic E-state index is 0.0634. The third kappa shape index (κ3) is 5.45. The van der Waals surface area contributed by atoms with Crippen LogP contribution in [0.15, 0.2) is 48.5 Å². The van der Waals surface area contributed by atoms with Gasteiger partial charge in [0.25, 0.3) is 0 Å². The Labute approximate surface area is 136 Å². The first-order valence-corrected chi connectivity index (χ1v) is 8.36. The van der Waals surface area contributed by atoms with Crippen LogP contribution in [0.2, 0.25) is 0 Å². The lowest BCUT2D eigenvalue weighted by molar-refractivity contribution is -0.118. The quantitative estimate of drug-likeness (QED) is 0.849. The maximum Gasteiger partial charge on any atom is 0.230 e. The van der Waals surface area contributed by atoms with Gasteiger partial charge >= 0.3 is 0 Å². The van der Waals surface area contributed by atoms with Crippen LogP contribution in [0.4, 0.5) is 0 Å². The van der Waals surface area contributed by atoms with E-state index in [0.717, 1.165) is 17.1 Å². The van der Waals surface area contributed by atoms with Crippen molar-refractivity contribution in [3.05, 3.63) is 65.2 Å². The summed E-state index contributed by atoms with van der Waals surface area (Å²) in [7, 11) is 1.64. The number of hydrogen-bond acceptors (Lipinski definition) is 3.